The van der Waals surface area contributed by atoms with Gasteiger partial charge < -0.3 is 4.74 Å². The molecule has 0 N–H and O–H groups in total. The van der Waals surface area contributed by atoms with Crippen LogP contribution in [-0.4, -0.2) is 19.5 Å². The molecule has 2 heteroatoms. The van der Waals surface area contributed by atoms with Gasteiger partial charge in [-0.25, -0.2) is 0 Å². The van der Waals surface area contributed by atoms with Gasteiger partial charge in [0.1, 0.15) is 0 Å². The zero-order chi connectivity index (χ0) is 5.41. The Morgan fingerprint density at radius 3 is 1.50 bits per heavy atom. The molecule has 40 valence electrons. The summed E-state index contributed by atoms with van der Waals surface area (Å²) < 4.78 is 4.25. The molecule has 0 fully saturated rings. The summed E-state index contributed by atoms with van der Waals surface area (Å²) in [6, 6.07) is 0. The SMILES string of the molecule is CCBr.COC. The Bertz CT molecular complexity index is 9.51. The van der Waals surface area contributed by atoms with Crippen LogP contribution in [-0.2, 0) is 4.74 Å². The maximum atomic E-state index is 4.25. The zero-order valence-electron chi connectivity index (χ0n) is 4.49. The predicted octanol–water partition coefficient (Wildman–Crippen LogP) is 1.66. The summed E-state index contributed by atoms with van der Waals surface area (Å²) in [6.07, 6.45) is 0. The first-order chi connectivity index (χ1) is 2.83. The molecule has 0 saturated heterocycles. The van der Waals surface area contributed by atoms with Crippen molar-refractivity contribution in [3.63, 3.8) is 0 Å². The van der Waals surface area contributed by atoms with Crippen LogP contribution in [0.15, 0.2) is 0 Å². The van der Waals surface area contributed by atoms with E-state index in [9.17, 15) is 0 Å². The molecule has 0 rings (SSSR count). The summed E-state index contributed by atoms with van der Waals surface area (Å²) >= 11 is 3.15. The molecule has 0 heterocycles. The first-order valence-electron chi connectivity index (χ1n) is 1.79. The van der Waals surface area contributed by atoms with Crippen molar-refractivity contribution in [1.82, 2.24) is 0 Å². The molecular formula is C4H11BrO. The Morgan fingerprint density at radius 1 is 1.50 bits per heavy atom. The lowest BCUT2D eigenvalue weighted by molar-refractivity contribution is 0.277. The van der Waals surface area contributed by atoms with Gasteiger partial charge in [0.2, 0.25) is 0 Å². The number of halogens is 1. The van der Waals surface area contributed by atoms with E-state index < -0.39 is 0 Å². The summed E-state index contributed by atoms with van der Waals surface area (Å²) in [4.78, 5) is 0. The third-order valence-electron chi connectivity index (χ3n) is 0. The van der Waals surface area contributed by atoms with E-state index in [1.54, 1.807) is 14.2 Å². The summed E-state index contributed by atoms with van der Waals surface area (Å²) in [5.74, 6) is 0. The quantitative estimate of drug-likeness (QED) is 0.483. The van der Waals surface area contributed by atoms with E-state index in [-0.39, 0.29) is 0 Å². The Labute approximate surface area is 47.8 Å². The summed E-state index contributed by atoms with van der Waals surface area (Å²) in [6.45, 7) is 2.04. The maximum absolute atomic E-state index is 4.25. The number of rotatable bonds is 0. The second-order valence-electron chi connectivity index (χ2n) is 0.676. The zero-order valence-corrected chi connectivity index (χ0v) is 6.08. The molecule has 0 amide bonds. The van der Waals surface area contributed by atoms with Crippen LogP contribution in [0.2, 0.25) is 0 Å². The normalized spacial score (nSPS) is 6.00. The smallest absolute Gasteiger partial charge is 0.0351 e. The van der Waals surface area contributed by atoms with Crippen molar-refractivity contribution < 1.29 is 4.74 Å². The summed E-state index contributed by atoms with van der Waals surface area (Å²) in [5, 5.41) is 1.06. The molecule has 6 heavy (non-hydrogen) atoms. The molecule has 0 spiro atoms. The van der Waals surface area contributed by atoms with E-state index >= 15 is 0 Å². The average molecular weight is 155 g/mol. The van der Waals surface area contributed by atoms with Crippen molar-refractivity contribution in [2.45, 2.75) is 6.92 Å². The van der Waals surface area contributed by atoms with Crippen LogP contribution in [0.1, 0.15) is 6.92 Å². The van der Waals surface area contributed by atoms with Crippen LogP contribution in [0.25, 0.3) is 0 Å². The first-order valence-corrected chi connectivity index (χ1v) is 2.91. The molecule has 0 aromatic carbocycles. The van der Waals surface area contributed by atoms with Gasteiger partial charge in [-0.3, -0.25) is 0 Å². The molecule has 0 bridgehead atoms. The van der Waals surface area contributed by atoms with Crippen molar-refractivity contribution in [2.24, 2.45) is 0 Å². The van der Waals surface area contributed by atoms with Crippen molar-refractivity contribution in [3.05, 3.63) is 0 Å². The lowest BCUT2D eigenvalue weighted by Crippen LogP contribution is -1.55. The molecule has 0 aromatic rings. The number of hydrogen-bond donors (Lipinski definition) is 0. The highest BCUT2D eigenvalue weighted by Crippen LogP contribution is 1.67. The lowest BCUT2D eigenvalue weighted by atomic mass is 11.0. The van der Waals surface area contributed by atoms with E-state index in [4.69, 9.17) is 0 Å². The largest absolute Gasteiger partial charge is 0.388 e. The molecule has 0 aliphatic carbocycles. The van der Waals surface area contributed by atoms with E-state index in [1.807, 2.05) is 6.92 Å². The molecule has 0 saturated carbocycles. The third kappa shape index (κ3) is 271. The molecule has 0 radical (unpaired) electrons. The topological polar surface area (TPSA) is 9.23 Å². The minimum atomic E-state index is 1.06. The van der Waals surface area contributed by atoms with Gasteiger partial charge in [0.15, 0.2) is 0 Å². The second kappa shape index (κ2) is 18.0. The van der Waals surface area contributed by atoms with Gasteiger partial charge >= 0.3 is 0 Å². The maximum Gasteiger partial charge on any atom is 0.0351 e. The first kappa shape index (κ1) is 9.67. The van der Waals surface area contributed by atoms with Crippen molar-refractivity contribution >= 4 is 15.9 Å². The average Bonchev–Trinajstić information content (AvgIpc) is 1.39. The van der Waals surface area contributed by atoms with Gasteiger partial charge in [0, 0.05) is 19.5 Å². The fourth-order valence-electron chi connectivity index (χ4n) is 0. The second-order valence-corrected chi connectivity index (χ2v) is 1.80. The third-order valence-corrected chi connectivity index (χ3v) is 0. The molecule has 0 aliphatic rings. The van der Waals surface area contributed by atoms with Gasteiger partial charge in [0.05, 0.1) is 0 Å². The highest BCUT2D eigenvalue weighted by molar-refractivity contribution is 9.09. The van der Waals surface area contributed by atoms with Crippen LogP contribution in [0.4, 0.5) is 0 Å². The molecular weight excluding hydrogens is 144 g/mol. The molecule has 0 unspecified atom stereocenters. The predicted molar refractivity (Wildman–Crippen MR) is 32.4 cm³/mol. The Balaban J connectivity index is 0. The standard InChI is InChI=1S/C2H5Br.C2H6O/c1-2-3;1-3-2/h2H2,1H3;1-2H3. The van der Waals surface area contributed by atoms with Crippen molar-refractivity contribution in [3.8, 4) is 0 Å². The molecule has 0 aromatic heterocycles. The Morgan fingerprint density at radius 2 is 1.50 bits per heavy atom. The van der Waals surface area contributed by atoms with Crippen molar-refractivity contribution in [1.29, 1.82) is 0 Å². The number of alkyl halides is 1. The number of hydrogen-bond acceptors (Lipinski definition) is 1. The summed E-state index contributed by atoms with van der Waals surface area (Å²) in [5.41, 5.74) is 0. The van der Waals surface area contributed by atoms with E-state index in [2.05, 4.69) is 20.7 Å². The Kier molecular flexibility index (Phi) is 29.0. The summed E-state index contributed by atoms with van der Waals surface area (Å²) in [7, 11) is 3.25. The highest BCUT2D eigenvalue weighted by Gasteiger charge is 1.38. The highest BCUT2D eigenvalue weighted by atomic mass is 79.9. The van der Waals surface area contributed by atoms with Gasteiger partial charge in [-0.05, 0) is 0 Å². The molecule has 1 nitrogen and oxygen atoms in total. The van der Waals surface area contributed by atoms with Crippen LogP contribution in [0, 0.1) is 0 Å². The number of methoxy groups -OCH3 is 1. The van der Waals surface area contributed by atoms with E-state index in [0.29, 0.717) is 0 Å². The lowest BCUT2D eigenvalue weighted by Gasteiger charge is -1.61. The van der Waals surface area contributed by atoms with Crippen LogP contribution < -0.4 is 0 Å². The molecule has 0 atom stereocenters. The van der Waals surface area contributed by atoms with Crippen molar-refractivity contribution in [2.75, 3.05) is 19.5 Å². The van der Waals surface area contributed by atoms with Gasteiger partial charge in [-0.2, -0.15) is 0 Å². The minimum Gasteiger partial charge on any atom is -0.388 e. The van der Waals surface area contributed by atoms with E-state index in [1.165, 1.54) is 0 Å². The number of ether oxygens (including phenoxy) is 1. The monoisotopic (exact) mass is 154 g/mol. The molecule has 0 aliphatic heterocycles. The van der Waals surface area contributed by atoms with Gasteiger partial charge in [-0.15, -0.1) is 0 Å². The Hall–Kier alpha value is 0.440. The minimum absolute atomic E-state index is 1.06. The fraction of sp³-hybridized carbons (Fsp3) is 1.00. The van der Waals surface area contributed by atoms with Gasteiger partial charge in [-0.1, -0.05) is 22.9 Å². The van der Waals surface area contributed by atoms with Crippen LogP contribution in [0.5, 0.6) is 0 Å². The van der Waals surface area contributed by atoms with Crippen LogP contribution in [0.3, 0.4) is 0 Å². The van der Waals surface area contributed by atoms with Crippen LogP contribution >= 0.6 is 15.9 Å². The van der Waals surface area contributed by atoms with E-state index in [0.717, 1.165) is 5.33 Å². The van der Waals surface area contributed by atoms with Gasteiger partial charge in [0.25, 0.3) is 0 Å². The fourth-order valence-corrected chi connectivity index (χ4v) is 0.